The first kappa shape index (κ1) is 15.1. The van der Waals surface area contributed by atoms with E-state index in [1.165, 1.54) is 19.3 Å². The minimum absolute atomic E-state index is 0.448. The molecule has 1 aliphatic heterocycles. The third kappa shape index (κ3) is 3.12. The van der Waals surface area contributed by atoms with Crippen LogP contribution >= 0.6 is 0 Å². The van der Waals surface area contributed by atoms with Gasteiger partial charge in [-0.05, 0) is 38.4 Å². The van der Waals surface area contributed by atoms with Gasteiger partial charge in [0.1, 0.15) is 18.4 Å². The Hall–Kier alpha value is -2.41. The highest BCUT2D eigenvalue weighted by Crippen LogP contribution is 2.25. The Balaban J connectivity index is 1.50. The van der Waals surface area contributed by atoms with E-state index in [1.54, 1.807) is 18.9 Å². The zero-order valence-electron chi connectivity index (χ0n) is 13.8. The van der Waals surface area contributed by atoms with Crippen LogP contribution in [-0.2, 0) is 13.1 Å². The van der Waals surface area contributed by atoms with Gasteiger partial charge in [-0.2, -0.15) is 5.10 Å². The Morgan fingerprint density at radius 2 is 2.29 bits per heavy atom. The van der Waals surface area contributed by atoms with Crippen LogP contribution in [0.1, 0.15) is 30.7 Å². The van der Waals surface area contributed by atoms with Crippen molar-refractivity contribution in [3.05, 3.63) is 42.5 Å². The Morgan fingerprint density at radius 1 is 1.33 bits per heavy atom. The van der Waals surface area contributed by atoms with Gasteiger partial charge in [0, 0.05) is 12.6 Å². The van der Waals surface area contributed by atoms with Gasteiger partial charge in [0.05, 0.1) is 18.5 Å². The Kier molecular flexibility index (Phi) is 4.17. The second-order valence-corrected chi connectivity index (χ2v) is 6.24. The molecule has 3 aromatic heterocycles. The molecule has 3 aromatic rings. The molecule has 1 saturated heterocycles. The number of rotatable bonds is 5. The maximum Gasteiger partial charge on any atom is 0.263 e. The Bertz CT molecular complexity index is 763. The van der Waals surface area contributed by atoms with E-state index in [1.807, 2.05) is 23.7 Å². The van der Waals surface area contributed by atoms with E-state index < -0.39 is 0 Å². The molecule has 0 aliphatic carbocycles. The normalized spacial score (nSPS) is 19.0. The summed E-state index contributed by atoms with van der Waals surface area (Å²) in [6, 6.07) is 4.15. The van der Waals surface area contributed by atoms with Crippen molar-refractivity contribution in [1.82, 2.24) is 24.6 Å². The first-order valence-electron chi connectivity index (χ1n) is 8.36. The van der Waals surface area contributed by atoms with Crippen molar-refractivity contribution in [3.8, 4) is 11.7 Å². The van der Waals surface area contributed by atoms with Crippen molar-refractivity contribution in [2.45, 2.75) is 45.3 Å². The molecule has 7 heteroatoms. The molecule has 126 valence electrons. The van der Waals surface area contributed by atoms with Gasteiger partial charge in [-0.15, -0.1) is 0 Å². The lowest BCUT2D eigenvalue weighted by Crippen LogP contribution is -2.41. The summed E-state index contributed by atoms with van der Waals surface area (Å²) in [6.07, 6.45) is 8.64. The van der Waals surface area contributed by atoms with Crippen molar-refractivity contribution < 1.29 is 8.83 Å². The maximum absolute atomic E-state index is 5.78. The van der Waals surface area contributed by atoms with E-state index in [9.17, 15) is 0 Å². The number of hydrogen-bond donors (Lipinski definition) is 0. The molecule has 1 atom stereocenters. The van der Waals surface area contributed by atoms with Crippen LogP contribution in [0.2, 0.25) is 0 Å². The summed E-state index contributed by atoms with van der Waals surface area (Å²) < 4.78 is 13.1. The zero-order valence-corrected chi connectivity index (χ0v) is 13.8. The fraction of sp³-hybridized carbons (Fsp3) is 0.471. The molecule has 4 heterocycles. The maximum atomic E-state index is 5.78. The summed E-state index contributed by atoms with van der Waals surface area (Å²) in [5.41, 5.74) is 0.979. The second-order valence-electron chi connectivity index (χ2n) is 6.24. The van der Waals surface area contributed by atoms with Crippen molar-refractivity contribution >= 4 is 0 Å². The van der Waals surface area contributed by atoms with E-state index in [0.29, 0.717) is 17.7 Å². The lowest BCUT2D eigenvalue weighted by atomic mass is 10.0. The number of nitrogens with zero attached hydrogens (tertiary/aromatic N) is 5. The molecule has 0 spiro atoms. The van der Waals surface area contributed by atoms with Gasteiger partial charge < -0.3 is 8.83 Å². The third-order valence-electron chi connectivity index (χ3n) is 4.59. The van der Waals surface area contributed by atoms with Crippen LogP contribution in [-0.4, -0.2) is 37.2 Å². The topological polar surface area (TPSA) is 73.1 Å². The van der Waals surface area contributed by atoms with Gasteiger partial charge >= 0.3 is 0 Å². The predicted molar refractivity (Wildman–Crippen MR) is 87.0 cm³/mol. The van der Waals surface area contributed by atoms with Crippen LogP contribution in [0.5, 0.6) is 0 Å². The number of likely N-dealkylation sites (tertiary alicyclic amines) is 1. The standard InChI is InChI=1S/C17H21N5O2/c1-13-15(20-17(24-13)16-6-4-8-23-16)10-21-7-3-2-5-14(21)9-22-12-18-11-19-22/h4,6,8,11-12,14H,2-3,5,7,9-10H2,1H3/t14-/m1/s1. The molecule has 0 amide bonds. The minimum atomic E-state index is 0.448. The average molecular weight is 327 g/mol. The lowest BCUT2D eigenvalue weighted by Gasteiger charge is -2.35. The van der Waals surface area contributed by atoms with Gasteiger partial charge in [-0.1, -0.05) is 6.42 Å². The molecule has 1 fully saturated rings. The molecule has 0 unspecified atom stereocenters. The summed E-state index contributed by atoms with van der Waals surface area (Å²) in [4.78, 5) is 11.2. The average Bonchev–Trinajstić information content (AvgIpc) is 3.32. The smallest absolute Gasteiger partial charge is 0.263 e. The molecule has 24 heavy (non-hydrogen) atoms. The van der Waals surface area contributed by atoms with Crippen molar-refractivity contribution in [1.29, 1.82) is 0 Å². The number of aryl methyl sites for hydroxylation is 1. The van der Waals surface area contributed by atoms with Gasteiger partial charge in [-0.25, -0.2) is 9.97 Å². The highest BCUT2D eigenvalue weighted by atomic mass is 16.4. The zero-order chi connectivity index (χ0) is 16.4. The fourth-order valence-electron chi connectivity index (χ4n) is 3.29. The van der Waals surface area contributed by atoms with Crippen LogP contribution < -0.4 is 0 Å². The van der Waals surface area contributed by atoms with Gasteiger partial charge in [0.15, 0.2) is 5.76 Å². The Morgan fingerprint density at radius 3 is 3.08 bits per heavy atom. The van der Waals surface area contributed by atoms with E-state index in [4.69, 9.17) is 8.83 Å². The fourth-order valence-corrected chi connectivity index (χ4v) is 3.29. The molecule has 0 saturated carbocycles. The molecule has 0 radical (unpaired) electrons. The van der Waals surface area contributed by atoms with Crippen LogP contribution in [0.3, 0.4) is 0 Å². The van der Waals surface area contributed by atoms with Gasteiger partial charge in [0.2, 0.25) is 0 Å². The largest absolute Gasteiger partial charge is 0.459 e. The quantitative estimate of drug-likeness (QED) is 0.717. The summed E-state index contributed by atoms with van der Waals surface area (Å²) in [5.74, 6) is 2.07. The highest BCUT2D eigenvalue weighted by Gasteiger charge is 2.25. The molecule has 0 N–H and O–H groups in total. The molecule has 7 nitrogen and oxygen atoms in total. The molecular weight excluding hydrogens is 306 g/mol. The van der Waals surface area contributed by atoms with Crippen molar-refractivity contribution in [2.24, 2.45) is 0 Å². The number of hydrogen-bond acceptors (Lipinski definition) is 6. The number of oxazole rings is 1. The van der Waals surface area contributed by atoms with Crippen LogP contribution in [0.15, 0.2) is 39.9 Å². The van der Waals surface area contributed by atoms with E-state index in [0.717, 1.165) is 31.1 Å². The van der Waals surface area contributed by atoms with E-state index >= 15 is 0 Å². The Labute approximate surface area is 140 Å². The van der Waals surface area contributed by atoms with Crippen LogP contribution in [0, 0.1) is 6.92 Å². The van der Waals surface area contributed by atoms with Crippen molar-refractivity contribution in [3.63, 3.8) is 0 Å². The third-order valence-corrected chi connectivity index (χ3v) is 4.59. The van der Waals surface area contributed by atoms with Gasteiger partial charge in [-0.3, -0.25) is 9.58 Å². The monoisotopic (exact) mass is 327 g/mol. The minimum Gasteiger partial charge on any atom is -0.459 e. The summed E-state index contributed by atoms with van der Waals surface area (Å²) in [6.45, 7) is 4.68. The lowest BCUT2D eigenvalue weighted by molar-refractivity contribution is 0.120. The SMILES string of the molecule is Cc1oc(-c2ccco2)nc1CN1CCCC[C@@H]1Cn1cncn1. The van der Waals surface area contributed by atoms with Gasteiger partial charge in [0.25, 0.3) is 5.89 Å². The number of piperidine rings is 1. The van der Waals surface area contributed by atoms with Crippen molar-refractivity contribution in [2.75, 3.05) is 6.54 Å². The molecule has 0 aromatic carbocycles. The number of furan rings is 1. The highest BCUT2D eigenvalue weighted by molar-refractivity contribution is 5.44. The molecular formula is C17H21N5O2. The first-order valence-corrected chi connectivity index (χ1v) is 8.36. The predicted octanol–water partition coefficient (Wildman–Crippen LogP) is 2.89. The second kappa shape index (κ2) is 6.60. The first-order chi connectivity index (χ1) is 11.8. The molecule has 4 rings (SSSR count). The summed E-state index contributed by atoms with van der Waals surface area (Å²) in [5, 5.41) is 4.24. The summed E-state index contributed by atoms with van der Waals surface area (Å²) >= 11 is 0. The van der Waals surface area contributed by atoms with Crippen LogP contribution in [0.4, 0.5) is 0 Å². The number of aromatic nitrogens is 4. The molecule has 1 aliphatic rings. The van der Waals surface area contributed by atoms with Crippen LogP contribution in [0.25, 0.3) is 11.7 Å². The summed E-state index contributed by atoms with van der Waals surface area (Å²) in [7, 11) is 0. The van der Waals surface area contributed by atoms with E-state index in [-0.39, 0.29) is 0 Å². The molecule has 0 bridgehead atoms. The van der Waals surface area contributed by atoms with E-state index in [2.05, 4.69) is 20.0 Å².